The summed E-state index contributed by atoms with van der Waals surface area (Å²) >= 11 is 0. The normalized spacial score (nSPS) is 13.7. The second-order valence-electron chi connectivity index (χ2n) is 2.98. The number of carbonyl (C=O) groups is 2. The Morgan fingerprint density at radius 1 is 1.40 bits per heavy atom. The highest BCUT2D eigenvalue weighted by molar-refractivity contribution is 6.34. The molecule has 1 N–H and O–H groups in total. The zero-order chi connectivity index (χ0) is 10.8. The second kappa shape index (κ2) is 3.53. The molecule has 0 unspecified atom stereocenters. The van der Waals surface area contributed by atoms with E-state index in [1.54, 1.807) is 24.3 Å². The van der Waals surface area contributed by atoms with Crippen LogP contribution in [-0.4, -0.2) is 12.1 Å². The minimum Gasteiger partial charge on any atom is -0.349 e. The molecule has 0 fully saturated rings. The fourth-order valence-electron chi connectivity index (χ4n) is 1.31. The smallest absolute Gasteiger partial charge is 0.243 e. The molecule has 1 aliphatic heterocycles. The van der Waals surface area contributed by atoms with Gasteiger partial charge < -0.3 is 5.32 Å². The molecule has 0 atom stereocenters. The molecular formula is C10H7FN2O2. The first-order valence-electron chi connectivity index (χ1n) is 4.25. The number of aldehydes is 1. The van der Waals surface area contributed by atoms with Gasteiger partial charge in [0, 0.05) is 0 Å². The number of rotatable bonds is 2. The lowest BCUT2D eigenvalue weighted by Gasteiger charge is -2.21. The number of nitrogens with one attached hydrogen (secondary N) is 1. The van der Waals surface area contributed by atoms with Crippen molar-refractivity contribution in [3.63, 3.8) is 0 Å². The van der Waals surface area contributed by atoms with E-state index in [1.165, 1.54) is 0 Å². The van der Waals surface area contributed by atoms with Crippen molar-refractivity contribution in [2.24, 2.45) is 0 Å². The van der Waals surface area contributed by atoms with Crippen molar-refractivity contribution in [1.29, 1.82) is 0 Å². The molecule has 1 aromatic rings. The quantitative estimate of drug-likeness (QED) is 0.451. The van der Waals surface area contributed by atoms with Crippen LogP contribution in [0.2, 0.25) is 0 Å². The van der Waals surface area contributed by atoms with Gasteiger partial charge in [0.15, 0.2) is 6.29 Å². The van der Waals surface area contributed by atoms with Crippen LogP contribution in [0.25, 0.3) is 0 Å². The number of para-hydroxylation sites is 2. The van der Waals surface area contributed by atoms with Crippen LogP contribution in [0.3, 0.4) is 0 Å². The minimum atomic E-state index is -0.785. The average Bonchev–Trinajstić information content (AvgIpc) is 2.28. The Kier molecular flexibility index (Phi) is 2.21. The van der Waals surface area contributed by atoms with Crippen LogP contribution >= 0.6 is 0 Å². The molecule has 1 heterocycles. The molecule has 1 aromatic carbocycles. The molecule has 0 aliphatic carbocycles. The summed E-state index contributed by atoms with van der Waals surface area (Å²) in [5.41, 5.74) is 0.679. The molecule has 0 spiro atoms. The second-order valence-corrected chi connectivity index (χ2v) is 2.98. The van der Waals surface area contributed by atoms with Gasteiger partial charge in [-0.25, -0.2) is 0 Å². The Morgan fingerprint density at radius 3 is 2.87 bits per heavy atom. The summed E-state index contributed by atoms with van der Waals surface area (Å²) in [6, 6.07) is 6.55. The molecule has 0 amide bonds. The highest BCUT2D eigenvalue weighted by atomic mass is 19.2. The van der Waals surface area contributed by atoms with Gasteiger partial charge in [-0.2, -0.15) is 5.12 Å². The number of halogens is 1. The van der Waals surface area contributed by atoms with Gasteiger partial charge in [-0.3, -0.25) is 9.59 Å². The van der Waals surface area contributed by atoms with Gasteiger partial charge in [0.1, 0.15) is 5.70 Å². The number of nitrogens with zero attached hydrogens (tertiary/aromatic N) is 1. The maximum atomic E-state index is 13.4. The van der Waals surface area contributed by atoms with E-state index >= 15 is 0 Å². The van der Waals surface area contributed by atoms with Crippen molar-refractivity contribution in [2.75, 3.05) is 10.4 Å². The molecule has 76 valence electrons. The molecule has 0 saturated carbocycles. The van der Waals surface area contributed by atoms with Crippen LogP contribution in [0, 0.1) is 0 Å². The van der Waals surface area contributed by atoms with Gasteiger partial charge in [-0.1, -0.05) is 16.6 Å². The van der Waals surface area contributed by atoms with Crippen molar-refractivity contribution >= 4 is 23.4 Å². The number of anilines is 2. The van der Waals surface area contributed by atoms with Crippen molar-refractivity contribution in [2.45, 2.75) is 0 Å². The Labute approximate surface area is 84.9 Å². The van der Waals surface area contributed by atoms with E-state index < -0.39 is 5.78 Å². The van der Waals surface area contributed by atoms with Gasteiger partial charge in [0.25, 0.3) is 0 Å². The summed E-state index contributed by atoms with van der Waals surface area (Å²) in [5.74, 6) is -0.785. The largest absolute Gasteiger partial charge is 0.349 e. The Morgan fingerprint density at radius 2 is 2.13 bits per heavy atom. The third-order valence-corrected chi connectivity index (χ3v) is 2.02. The number of ketones is 1. The highest BCUT2D eigenvalue weighted by Gasteiger charge is 2.20. The molecule has 2 rings (SSSR count). The van der Waals surface area contributed by atoms with Crippen LogP contribution in [-0.2, 0) is 9.59 Å². The molecule has 0 bridgehead atoms. The minimum absolute atomic E-state index is 0.0776. The summed E-state index contributed by atoms with van der Waals surface area (Å²) in [4.78, 5) is 21.3. The predicted molar refractivity (Wildman–Crippen MR) is 52.8 cm³/mol. The summed E-state index contributed by atoms with van der Waals surface area (Å²) < 4.78 is 13.4. The summed E-state index contributed by atoms with van der Waals surface area (Å²) in [5, 5.41) is 2.98. The summed E-state index contributed by atoms with van der Waals surface area (Å²) in [7, 11) is 0. The van der Waals surface area contributed by atoms with E-state index in [0.717, 1.165) is 6.20 Å². The van der Waals surface area contributed by atoms with Gasteiger partial charge in [0.2, 0.25) is 5.78 Å². The highest BCUT2D eigenvalue weighted by Crippen LogP contribution is 2.31. The van der Waals surface area contributed by atoms with Crippen LogP contribution in [0.1, 0.15) is 0 Å². The van der Waals surface area contributed by atoms with Gasteiger partial charge in [-0.15, -0.1) is 0 Å². The predicted octanol–water partition coefficient (Wildman–Crippen LogP) is 1.41. The van der Waals surface area contributed by atoms with Crippen molar-refractivity contribution in [3.05, 3.63) is 36.2 Å². The van der Waals surface area contributed by atoms with E-state index in [0.29, 0.717) is 16.5 Å². The number of fused-ring (bicyclic) bond motifs is 1. The zero-order valence-electron chi connectivity index (χ0n) is 7.61. The van der Waals surface area contributed by atoms with E-state index in [1.807, 2.05) is 0 Å². The molecule has 15 heavy (non-hydrogen) atoms. The maximum Gasteiger partial charge on any atom is 0.243 e. The van der Waals surface area contributed by atoms with Gasteiger partial charge >= 0.3 is 0 Å². The average molecular weight is 206 g/mol. The Balaban J connectivity index is 2.39. The van der Waals surface area contributed by atoms with Gasteiger partial charge in [0.05, 0.1) is 17.6 Å². The van der Waals surface area contributed by atoms with E-state index in [2.05, 4.69) is 5.32 Å². The number of allylic oxidation sites excluding steroid dienone is 1. The first kappa shape index (κ1) is 9.39. The number of carbonyl (C=O) groups excluding carboxylic acids is 2. The molecule has 0 radical (unpaired) electrons. The van der Waals surface area contributed by atoms with Crippen molar-refractivity contribution < 1.29 is 14.1 Å². The molecule has 5 heteroatoms. The molecular weight excluding hydrogens is 199 g/mol. The molecule has 4 nitrogen and oxygen atoms in total. The molecule has 0 aromatic heterocycles. The van der Waals surface area contributed by atoms with Crippen molar-refractivity contribution in [3.8, 4) is 0 Å². The molecule has 0 saturated heterocycles. The monoisotopic (exact) mass is 206 g/mol. The van der Waals surface area contributed by atoms with E-state index in [4.69, 9.17) is 0 Å². The standard InChI is InChI=1S/C10H7FN2O2/c11-13-5-8(10(15)6-14)12-7-3-1-2-4-9(7)13/h1-6,12H. The third kappa shape index (κ3) is 1.59. The summed E-state index contributed by atoms with van der Waals surface area (Å²) in [6.45, 7) is 0. The third-order valence-electron chi connectivity index (χ3n) is 2.02. The number of Topliss-reactive ketones (excluding diaryl/α,β-unsaturated/α-hetero) is 1. The lowest BCUT2D eigenvalue weighted by molar-refractivity contribution is -0.127. The summed E-state index contributed by atoms with van der Waals surface area (Å²) in [6.07, 6.45) is 1.08. The first-order valence-corrected chi connectivity index (χ1v) is 4.25. The zero-order valence-corrected chi connectivity index (χ0v) is 7.61. The van der Waals surface area contributed by atoms with Crippen LogP contribution < -0.4 is 10.4 Å². The fourth-order valence-corrected chi connectivity index (χ4v) is 1.31. The topological polar surface area (TPSA) is 49.4 Å². The van der Waals surface area contributed by atoms with E-state index in [9.17, 15) is 14.1 Å². The lowest BCUT2D eigenvalue weighted by atomic mass is 10.2. The Bertz CT molecular complexity index is 456. The maximum absolute atomic E-state index is 13.4. The van der Waals surface area contributed by atoms with Gasteiger partial charge in [-0.05, 0) is 12.1 Å². The van der Waals surface area contributed by atoms with Crippen molar-refractivity contribution in [1.82, 2.24) is 0 Å². The van der Waals surface area contributed by atoms with Crippen LogP contribution in [0.5, 0.6) is 0 Å². The fraction of sp³-hybridized carbons (Fsp3) is 0. The Hall–Kier alpha value is -2.17. The van der Waals surface area contributed by atoms with E-state index in [-0.39, 0.29) is 12.0 Å². The van der Waals surface area contributed by atoms with Crippen LogP contribution in [0.15, 0.2) is 36.2 Å². The molecule has 1 aliphatic rings. The SMILES string of the molecule is O=CC(=O)C1=CN(F)c2ccccc2N1. The number of hydrogen-bond donors (Lipinski definition) is 1. The van der Waals surface area contributed by atoms with Crippen LogP contribution in [0.4, 0.5) is 15.9 Å². The first-order chi connectivity index (χ1) is 7.22. The number of hydrogen-bond acceptors (Lipinski definition) is 4. The number of benzene rings is 1. The lowest BCUT2D eigenvalue weighted by Crippen LogP contribution is -2.21.